The van der Waals surface area contributed by atoms with Crippen molar-refractivity contribution in [1.29, 1.82) is 0 Å². The molecular weight excluding hydrogens is 527 g/mol. The number of carbonyl (C=O) groups is 2. The lowest BCUT2D eigenvalue weighted by Crippen LogP contribution is -2.53. The zero-order chi connectivity index (χ0) is 27.2. The van der Waals surface area contributed by atoms with E-state index in [2.05, 4.69) is 20.5 Å². The van der Waals surface area contributed by atoms with Gasteiger partial charge in [-0.2, -0.15) is 18.3 Å². The van der Waals surface area contributed by atoms with E-state index in [4.69, 9.17) is 16.3 Å². The number of aromatic amines is 1. The molecule has 3 fully saturated rings. The van der Waals surface area contributed by atoms with E-state index in [0.29, 0.717) is 35.0 Å². The van der Waals surface area contributed by atoms with Gasteiger partial charge in [-0.3, -0.25) is 14.7 Å². The molecule has 3 atom stereocenters. The highest BCUT2D eigenvalue weighted by molar-refractivity contribution is 6.33. The van der Waals surface area contributed by atoms with E-state index in [1.165, 1.54) is 13.3 Å². The van der Waals surface area contributed by atoms with Gasteiger partial charge < -0.3 is 20.1 Å². The van der Waals surface area contributed by atoms with Crippen LogP contribution in [0, 0.1) is 5.92 Å². The summed E-state index contributed by atoms with van der Waals surface area (Å²) in [6, 6.07) is 2.63. The van der Waals surface area contributed by atoms with Gasteiger partial charge in [0.25, 0.3) is 5.91 Å². The van der Waals surface area contributed by atoms with Gasteiger partial charge >= 0.3 is 6.18 Å². The molecule has 1 unspecified atom stereocenters. The monoisotopic (exact) mass is 555 g/mol. The van der Waals surface area contributed by atoms with E-state index in [0.717, 1.165) is 12.8 Å². The van der Waals surface area contributed by atoms with Crippen LogP contribution < -0.4 is 10.1 Å². The molecule has 2 aromatic rings. The van der Waals surface area contributed by atoms with Gasteiger partial charge in [-0.15, -0.1) is 0 Å². The van der Waals surface area contributed by atoms with Crippen molar-refractivity contribution in [3.63, 3.8) is 0 Å². The van der Waals surface area contributed by atoms with Crippen LogP contribution in [-0.2, 0) is 4.79 Å². The molecule has 1 aliphatic carbocycles. The van der Waals surface area contributed by atoms with Gasteiger partial charge in [-0.05, 0) is 57.4 Å². The van der Waals surface area contributed by atoms with E-state index in [-0.39, 0.29) is 48.4 Å². The minimum absolute atomic E-state index is 0.0702. The first kappa shape index (κ1) is 26.7. The summed E-state index contributed by atoms with van der Waals surface area (Å²) in [6.45, 7) is 0. The average Bonchev–Trinajstić information content (AvgIpc) is 3.47. The Morgan fingerprint density at radius 3 is 2.45 bits per heavy atom. The predicted molar refractivity (Wildman–Crippen MR) is 130 cm³/mol. The number of pyridine rings is 1. The van der Waals surface area contributed by atoms with Crippen LogP contribution in [0.4, 0.5) is 13.2 Å². The maximum atomic E-state index is 13.4. The first-order chi connectivity index (χ1) is 18.0. The van der Waals surface area contributed by atoms with Gasteiger partial charge in [0.15, 0.2) is 11.3 Å². The SMILES string of the molecule is COc1cc(-c2cc(C(=O)N3[C@@H]4CC[C@H]3CC(C(=O)NC3CCC(O)(C(F)(F)F)CC3)C4)n[nH]2)c(Cl)cn1. The first-order valence-electron chi connectivity index (χ1n) is 12.7. The number of halogens is 4. The summed E-state index contributed by atoms with van der Waals surface area (Å²) in [6.07, 6.45) is -1.42. The molecule has 2 saturated heterocycles. The van der Waals surface area contributed by atoms with E-state index >= 15 is 0 Å². The van der Waals surface area contributed by atoms with Crippen LogP contribution in [-0.4, -0.2) is 74.0 Å². The minimum Gasteiger partial charge on any atom is -0.481 e. The third-order valence-electron chi connectivity index (χ3n) is 8.15. The third-order valence-corrected chi connectivity index (χ3v) is 8.45. The molecule has 206 valence electrons. The van der Waals surface area contributed by atoms with Crippen molar-refractivity contribution in [3.05, 3.63) is 29.0 Å². The Morgan fingerprint density at radius 2 is 1.84 bits per heavy atom. The molecule has 38 heavy (non-hydrogen) atoms. The van der Waals surface area contributed by atoms with Crippen LogP contribution >= 0.6 is 11.6 Å². The fourth-order valence-corrected chi connectivity index (χ4v) is 6.21. The van der Waals surface area contributed by atoms with E-state index in [9.17, 15) is 27.9 Å². The Labute approximate surface area is 222 Å². The van der Waals surface area contributed by atoms with Crippen LogP contribution in [0.1, 0.15) is 61.9 Å². The lowest BCUT2D eigenvalue weighted by Gasteiger charge is -2.40. The topological polar surface area (TPSA) is 120 Å². The van der Waals surface area contributed by atoms with Crippen molar-refractivity contribution >= 4 is 23.4 Å². The number of nitrogens with zero attached hydrogens (tertiary/aromatic N) is 3. The highest BCUT2D eigenvalue weighted by atomic mass is 35.5. The lowest BCUT2D eigenvalue weighted by molar-refractivity contribution is -0.270. The number of rotatable bonds is 5. The number of piperidine rings is 1. The number of fused-ring (bicyclic) bond motifs is 2. The molecule has 0 spiro atoms. The maximum absolute atomic E-state index is 13.4. The Kier molecular flexibility index (Phi) is 7.06. The van der Waals surface area contributed by atoms with Crippen LogP contribution in [0.5, 0.6) is 5.88 Å². The van der Waals surface area contributed by atoms with E-state index < -0.39 is 30.7 Å². The quantitative estimate of drug-likeness (QED) is 0.515. The van der Waals surface area contributed by atoms with Crippen molar-refractivity contribution in [2.75, 3.05) is 7.11 Å². The minimum atomic E-state index is -4.67. The van der Waals surface area contributed by atoms with Crippen molar-refractivity contribution in [2.45, 2.75) is 81.3 Å². The number of hydrogen-bond donors (Lipinski definition) is 3. The van der Waals surface area contributed by atoms with Crippen LogP contribution in [0.3, 0.4) is 0 Å². The number of aromatic nitrogens is 3. The molecule has 3 aliphatic rings. The average molecular weight is 556 g/mol. The molecule has 2 bridgehead atoms. The van der Waals surface area contributed by atoms with Crippen molar-refractivity contribution in [2.24, 2.45) is 5.92 Å². The summed E-state index contributed by atoms with van der Waals surface area (Å²) in [7, 11) is 1.49. The van der Waals surface area contributed by atoms with Crippen LogP contribution in [0.15, 0.2) is 18.3 Å². The van der Waals surface area contributed by atoms with Gasteiger partial charge in [0, 0.05) is 35.7 Å². The molecule has 4 heterocycles. The number of amides is 2. The molecule has 0 aromatic carbocycles. The maximum Gasteiger partial charge on any atom is 0.417 e. The second kappa shape index (κ2) is 10.0. The Hall–Kier alpha value is -2.86. The van der Waals surface area contributed by atoms with Crippen molar-refractivity contribution < 1.29 is 32.6 Å². The summed E-state index contributed by atoms with van der Waals surface area (Å²) in [5.41, 5.74) is -1.30. The zero-order valence-corrected chi connectivity index (χ0v) is 21.5. The summed E-state index contributed by atoms with van der Waals surface area (Å²) in [5, 5.41) is 20.2. The largest absolute Gasteiger partial charge is 0.481 e. The highest BCUT2D eigenvalue weighted by Gasteiger charge is 2.55. The number of ether oxygens (including phenoxy) is 1. The smallest absolute Gasteiger partial charge is 0.417 e. The number of nitrogens with one attached hydrogen (secondary N) is 2. The van der Waals surface area contributed by atoms with Crippen molar-refractivity contribution in [3.8, 4) is 17.1 Å². The predicted octanol–water partition coefficient (Wildman–Crippen LogP) is 3.87. The van der Waals surface area contributed by atoms with Gasteiger partial charge in [0.05, 0.1) is 24.0 Å². The van der Waals surface area contributed by atoms with Gasteiger partial charge in [-0.25, -0.2) is 4.98 Å². The Bertz CT molecular complexity index is 1200. The molecule has 1 saturated carbocycles. The molecule has 13 heteroatoms. The summed E-state index contributed by atoms with van der Waals surface area (Å²) in [4.78, 5) is 32.3. The lowest BCUT2D eigenvalue weighted by atomic mass is 9.81. The Morgan fingerprint density at radius 1 is 1.18 bits per heavy atom. The number of carbonyl (C=O) groups excluding carboxylic acids is 2. The van der Waals surface area contributed by atoms with Crippen LogP contribution in [0.25, 0.3) is 11.3 Å². The van der Waals surface area contributed by atoms with Crippen LogP contribution in [0.2, 0.25) is 5.02 Å². The van der Waals surface area contributed by atoms with Gasteiger partial charge in [-0.1, -0.05) is 11.6 Å². The molecule has 2 amide bonds. The number of methoxy groups -OCH3 is 1. The molecule has 9 nitrogen and oxygen atoms in total. The van der Waals surface area contributed by atoms with Gasteiger partial charge in [0.1, 0.15) is 0 Å². The first-order valence-corrected chi connectivity index (χ1v) is 13.0. The Balaban J connectivity index is 1.20. The van der Waals surface area contributed by atoms with E-state index in [1.807, 2.05) is 4.90 Å². The third kappa shape index (κ3) is 4.95. The number of alkyl halides is 3. The molecule has 5 rings (SSSR count). The molecule has 2 aromatic heterocycles. The summed E-state index contributed by atoms with van der Waals surface area (Å²) in [5.74, 6) is -0.373. The summed E-state index contributed by atoms with van der Waals surface area (Å²) >= 11 is 6.27. The normalized spacial score (nSPS) is 29.3. The van der Waals surface area contributed by atoms with Gasteiger partial charge in [0.2, 0.25) is 11.8 Å². The second-order valence-corrected chi connectivity index (χ2v) is 10.9. The number of hydrogen-bond acceptors (Lipinski definition) is 6. The number of aliphatic hydroxyl groups is 1. The standard InChI is InChI=1S/C25H29ClF3N5O4/c1-38-21-10-17(18(26)12-30-21)19-11-20(33-32-19)23(36)34-15-2-3-16(34)9-13(8-15)22(35)31-14-4-6-24(37,7-5-14)25(27,28)29/h10-16,37H,2-9H2,1H3,(H,31,35)(H,32,33)/t13?,14?,15-,16+,24?. The highest BCUT2D eigenvalue weighted by Crippen LogP contribution is 2.43. The van der Waals surface area contributed by atoms with E-state index in [1.54, 1.807) is 12.1 Å². The fraction of sp³-hybridized carbons (Fsp3) is 0.600. The molecular formula is C25H29ClF3N5O4. The fourth-order valence-electron chi connectivity index (χ4n) is 6.00. The van der Waals surface area contributed by atoms with Crippen molar-refractivity contribution in [1.82, 2.24) is 25.4 Å². The summed E-state index contributed by atoms with van der Waals surface area (Å²) < 4.78 is 44.4. The zero-order valence-electron chi connectivity index (χ0n) is 20.7. The molecule has 3 N–H and O–H groups in total. The second-order valence-electron chi connectivity index (χ2n) is 10.5. The molecule has 0 radical (unpaired) electrons. The molecule has 2 aliphatic heterocycles. The number of H-pyrrole nitrogens is 1.